The minimum Gasteiger partial charge on any atom is -0.495 e. The first-order valence-corrected chi connectivity index (χ1v) is 12.1. The number of halogens is 3. The van der Waals surface area contributed by atoms with E-state index in [9.17, 15) is 22.8 Å². The zero-order valence-corrected chi connectivity index (χ0v) is 21.3. The number of carbonyl (C=O) groups excluding carboxylic acids is 2. The molecule has 2 amide bonds. The largest absolute Gasteiger partial charge is 0.495 e. The first-order chi connectivity index (χ1) is 17.4. The number of benzene rings is 1. The average molecular weight is 521 g/mol. The number of aromatic nitrogens is 2. The smallest absolute Gasteiger partial charge is 0.405 e. The summed E-state index contributed by atoms with van der Waals surface area (Å²) in [6, 6.07) is 4.52. The second-order valence-corrected chi connectivity index (χ2v) is 10.1. The maximum atomic E-state index is 13.2. The number of hydrogen-bond acceptors (Lipinski definition) is 7. The lowest BCUT2D eigenvalue weighted by Gasteiger charge is -2.34. The van der Waals surface area contributed by atoms with Crippen LogP contribution < -0.4 is 25.2 Å². The van der Waals surface area contributed by atoms with E-state index >= 15 is 0 Å². The molecule has 0 atom stereocenters. The van der Waals surface area contributed by atoms with Crippen molar-refractivity contribution in [1.82, 2.24) is 15.3 Å². The molecule has 200 valence electrons. The van der Waals surface area contributed by atoms with E-state index in [0.29, 0.717) is 23.7 Å². The topological polar surface area (TPSA) is 99.7 Å². The first kappa shape index (κ1) is 26.5. The Morgan fingerprint density at radius 1 is 1.24 bits per heavy atom. The van der Waals surface area contributed by atoms with Crippen LogP contribution in [0.25, 0.3) is 0 Å². The molecule has 9 nitrogen and oxygen atoms in total. The van der Waals surface area contributed by atoms with Gasteiger partial charge in [-0.15, -0.1) is 0 Å². The fraction of sp³-hybridized carbons (Fsp3) is 0.520. The molecule has 1 fully saturated rings. The summed E-state index contributed by atoms with van der Waals surface area (Å²) >= 11 is 0. The van der Waals surface area contributed by atoms with E-state index in [4.69, 9.17) is 9.72 Å². The van der Waals surface area contributed by atoms with Crippen LogP contribution in [0.4, 0.5) is 36.3 Å². The number of nitrogens with one attached hydrogen (secondary N) is 2. The Morgan fingerprint density at radius 2 is 1.95 bits per heavy atom. The fourth-order valence-electron chi connectivity index (χ4n) is 4.86. The van der Waals surface area contributed by atoms with Gasteiger partial charge >= 0.3 is 6.18 Å². The Bertz CT molecular complexity index is 1180. The molecule has 0 spiro atoms. The van der Waals surface area contributed by atoms with Crippen molar-refractivity contribution in [3.05, 3.63) is 30.0 Å². The van der Waals surface area contributed by atoms with E-state index in [0.717, 1.165) is 25.7 Å². The number of hydrogen-bond donors (Lipinski definition) is 2. The van der Waals surface area contributed by atoms with Gasteiger partial charge in [0.25, 0.3) is 5.91 Å². The molecule has 2 aliphatic rings. The third kappa shape index (κ3) is 5.72. The molecule has 2 heterocycles. The Labute approximate surface area is 213 Å². The summed E-state index contributed by atoms with van der Waals surface area (Å²) in [7, 11) is 3.11. The van der Waals surface area contributed by atoms with Crippen molar-refractivity contribution in [3.8, 4) is 5.75 Å². The quantitative estimate of drug-likeness (QED) is 0.587. The molecule has 1 aliphatic heterocycles. The van der Waals surface area contributed by atoms with E-state index in [1.807, 2.05) is 19.2 Å². The molecule has 0 radical (unpaired) electrons. The van der Waals surface area contributed by atoms with E-state index in [1.165, 1.54) is 25.3 Å². The molecule has 12 heteroatoms. The van der Waals surface area contributed by atoms with Gasteiger partial charge in [-0.2, -0.15) is 18.2 Å². The Balaban J connectivity index is 1.63. The monoisotopic (exact) mass is 520 g/mol. The number of nitrogens with zero attached hydrogens (tertiary/aromatic N) is 4. The number of rotatable bonds is 6. The van der Waals surface area contributed by atoms with Gasteiger partial charge < -0.3 is 25.2 Å². The van der Waals surface area contributed by atoms with Crippen molar-refractivity contribution in [2.24, 2.45) is 5.41 Å². The van der Waals surface area contributed by atoms with Crippen LogP contribution in [-0.4, -0.2) is 61.2 Å². The van der Waals surface area contributed by atoms with E-state index in [2.05, 4.69) is 15.2 Å². The van der Waals surface area contributed by atoms with Gasteiger partial charge in [-0.3, -0.25) is 9.59 Å². The van der Waals surface area contributed by atoms with Crippen molar-refractivity contribution >= 4 is 35.0 Å². The third-order valence-electron chi connectivity index (χ3n) is 6.76. The summed E-state index contributed by atoms with van der Waals surface area (Å²) in [6.07, 6.45) is 1.38. The number of methoxy groups -OCH3 is 1. The van der Waals surface area contributed by atoms with Gasteiger partial charge in [0.2, 0.25) is 11.9 Å². The predicted octanol–water partition coefficient (Wildman–Crippen LogP) is 4.27. The zero-order chi connectivity index (χ0) is 27.0. The van der Waals surface area contributed by atoms with Crippen molar-refractivity contribution in [2.45, 2.75) is 51.7 Å². The minimum absolute atomic E-state index is 0.0142. The Morgan fingerprint density at radius 3 is 2.59 bits per heavy atom. The van der Waals surface area contributed by atoms with Crippen LogP contribution in [0.15, 0.2) is 24.4 Å². The second-order valence-electron chi connectivity index (χ2n) is 10.1. The number of ether oxygens (including phenoxy) is 1. The van der Waals surface area contributed by atoms with Gasteiger partial charge in [0.1, 0.15) is 18.0 Å². The number of carbonyl (C=O) groups is 2. The van der Waals surface area contributed by atoms with E-state index in [1.54, 1.807) is 18.1 Å². The van der Waals surface area contributed by atoms with Crippen LogP contribution in [0.5, 0.6) is 5.75 Å². The summed E-state index contributed by atoms with van der Waals surface area (Å²) < 4.78 is 42.7. The van der Waals surface area contributed by atoms with Crippen LogP contribution in [0.1, 0.15) is 49.9 Å². The van der Waals surface area contributed by atoms with Gasteiger partial charge in [-0.25, -0.2) is 4.98 Å². The highest BCUT2D eigenvalue weighted by Crippen LogP contribution is 2.40. The summed E-state index contributed by atoms with van der Waals surface area (Å²) in [5.74, 6) is 0.271. The summed E-state index contributed by atoms with van der Waals surface area (Å²) in [5.41, 5.74) is 0.457. The average Bonchev–Trinajstić information content (AvgIpc) is 3.37. The Hall–Kier alpha value is -3.57. The number of amides is 2. The highest BCUT2D eigenvalue weighted by atomic mass is 19.4. The molecular formula is C25H31F3N6O3. The van der Waals surface area contributed by atoms with Gasteiger partial charge in [-0.05, 0) is 44.9 Å². The van der Waals surface area contributed by atoms with Crippen LogP contribution in [-0.2, 0) is 4.79 Å². The molecule has 1 saturated carbocycles. The molecule has 0 bridgehead atoms. The molecule has 1 aromatic carbocycles. The Kier molecular flexibility index (Phi) is 7.20. The van der Waals surface area contributed by atoms with Crippen molar-refractivity contribution in [1.29, 1.82) is 0 Å². The highest BCUT2D eigenvalue weighted by molar-refractivity contribution is 6.01. The fourth-order valence-corrected chi connectivity index (χ4v) is 4.86. The lowest BCUT2D eigenvalue weighted by Crippen LogP contribution is -2.45. The highest BCUT2D eigenvalue weighted by Gasteiger charge is 2.41. The second kappa shape index (κ2) is 10.1. The molecule has 1 aromatic heterocycles. The van der Waals surface area contributed by atoms with Crippen molar-refractivity contribution in [3.63, 3.8) is 0 Å². The van der Waals surface area contributed by atoms with Crippen molar-refractivity contribution in [2.75, 3.05) is 42.4 Å². The molecule has 1 aliphatic carbocycles. The first-order valence-electron chi connectivity index (χ1n) is 12.1. The predicted molar refractivity (Wildman–Crippen MR) is 133 cm³/mol. The van der Waals surface area contributed by atoms with E-state index in [-0.39, 0.29) is 29.2 Å². The normalized spacial score (nSPS) is 17.9. The van der Waals surface area contributed by atoms with Gasteiger partial charge in [0.15, 0.2) is 5.82 Å². The SMILES string of the molecule is COc1cc(C(=O)NCC(F)(F)F)ccc1Nc1ncc2c(n1)N(C1CCCC1)CC(C)(C)C(=O)N2C. The summed E-state index contributed by atoms with van der Waals surface area (Å²) in [4.78, 5) is 38.3. The number of anilines is 4. The van der Waals surface area contributed by atoms with Crippen LogP contribution >= 0.6 is 0 Å². The maximum Gasteiger partial charge on any atom is 0.405 e. The van der Waals surface area contributed by atoms with Crippen LogP contribution in [0, 0.1) is 5.41 Å². The summed E-state index contributed by atoms with van der Waals surface area (Å²) in [6.45, 7) is 2.96. The minimum atomic E-state index is -4.51. The van der Waals surface area contributed by atoms with Gasteiger partial charge in [-0.1, -0.05) is 12.8 Å². The standard InChI is InChI=1S/C25H31F3N6O3/c1-24(2)14-34(16-7-5-6-8-16)20-18(33(3)22(24)36)12-29-23(32-20)31-17-10-9-15(11-19(17)37-4)21(35)30-13-25(26,27)28/h9-12,16H,5-8,13-14H2,1-4H3,(H,30,35)(H,29,31,32). The van der Waals surface area contributed by atoms with E-state index < -0.39 is 24.0 Å². The lowest BCUT2D eigenvalue weighted by atomic mass is 9.91. The maximum absolute atomic E-state index is 13.2. The molecular weight excluding hydrogens is 489 g/mol. The lowest BCUT2D eigenvalue weighted by molar-refractivity contribution is -0.125. The van der Waals surface area contributed by atoms with Crippen LogP contribution in [0.3, 0.4) is 0 Å². The van der Waals surface area contributed by atoms with Gasteiger partial charge in [0.05, 0.1) is 24.4 Å². The van der Waals surface area contributed by atoms with Crippen molar-refractivity contribution < 1.29 is 27.5 Å². The van der Waals surface area contributed by atoms with Crippen LogP contribution in [0.2, 0.25) is 0 Å². The molecule has 37 heavy (non-hydrogen) atoms. The zero-order valence-electron chi connectivity index (χ0n) is 21.3. The number of alkyl halides is 3. The van der Waals surface area contributed by atoms with Gasteiger partial charge in [0, 0.05) is 25.2 Å². The summed E-state index contributed by atoms with van der Waals surface area (Å²) in [5, 5.41) is 4.93. The molecule has 0 unspecified atom stereocenters. The third-order valence-corrected chi connectivity index (χ3v) is 6.76. The molecule has 2 aromatic rings. The molecule has 4 rings (SSSR count). The number of fused-ring (bicyclic) bond motifs is 1. The molecule has 2 N–H and O–H groups in total. The molecule has 0 saturated heterocycles.